The lowest BCUT2D eigenvalue weighted by atomic mass is 9.93. The highest BCUT2D eigenvalue weighted by Crippen LogP contribution is 2.39. The number of hydrogen-bond donors (Lipinski definition) is 1. The van der Waals surface area contributed by atoms with E-state index in [2.05, 4.69) is 0 Å². The Morgan fingerprint density at radius 2 is 1.65 bits per heavy atom. The van der Waals surface area contributed by atoms with Gasteiger partial charge in [0.15, 0.2) is 5.76 Å². The molecular formula is C18H8Cl4N2O2. The maximum atomic E-state index is 12.9. The molecule has 1 heterocycles. The molecule has 0 radical (unpaired) electrons. The Morgan fingerprint density at radius 1 is 1.04 bits per heavy atom. The molecule has 0 spiro atoms. The number of ketones is 1. The van der Waals surface area contributed by atoms with Crippen molar-refractivity contribution in [3.05, 3.63) is 73.4 Å². The summed E-state index contributed by atoms with van der Waals surface area (Å²) in [6.45, 7) is 0. The summed E-state index contributed by atoms with van der Waals surface area (Å²) in [6, 6.07) is 11.0. The summed E-state index contributed by atoms with van der Waals surface area (Å²) < 4.78 is 5.33. The summed E-state index contributed by atoms with van der Waals surface area (Å²) in [5, 5.41) is 18.8. The smallest absolute Gasteiger partial charge is 0.216 e. The zero-order valence-electron chi connectivity index (χ0n) is 12.8. The number of nitriles is 1. The number of ether oxygens (including phenoxy) is 1. The Bertz CT molecular complexity index is 1020. The molecule has 0 aromatic heterocycles. The molecule has 130 valence electrons. The zero-order chi connectivity index (χ0) is 19.0. The van der Waals surface area contributed by atoms with Crippen molar-refractivity contribution in [1.29, 1.82) is 10.7 Å². The lowest BCUT2D eigenvalue weighted by molar-refractivity contribution is -0.115. The van der Waals surface area contributed by atoms with Crippen molar-refractivity contribution in [2.75, 3.05) is 0 Å². The van der Waals surface area contributed by atoms with Crippen LogP contribution in [0.4, 0.5) is 0 Å². The van der Waals surface area contributed by atoms with E-state index >= 15 is 0 Å². The predicted molar refractivity (Wildman–Crippen MR) is 102 cm³/mol. The lowest BCUT2D eigenvalue weighted by Crippen LogP contribution is -2.13. The molecule has 26 heavy (non-hydrogen) atoms. The molecule has 4 nitrogen and oxygen atoms in total. The minimum Gasteiger partial charge on any atom is -0.437 e. The van der Waals surface area contributed by atoms with Gasteiger partial charge in [0.2, 0.25) is 11.7 Å². The van der Waals surface area contributed by atoms with Gasteiger partial charge in [0.25, 0.3) is 0 Å². The number of rotatable bonds is 2. The van der Waals surface area contributed by atoms with Crippen LogP contribution in [0.1, 0.15) is 17.0 Å². The van der Waals surface area contributed by atoms with Gasteiger partial charge in [0.05, 0.1) is 5.02 Å². The average molecular weight is 426 g/mol. The highest BCUT2D eigenvalue weighted by atomic mass is 35.5. The fraction of sp³-hybridized carbons (Fsp3) is 0.0556. The number of hydrogen-bond acceptors (Lipinski definition) is 4. The van der Waals surface area contributed by atoms with E-state index in [0.717, 1.165) is 0 Å². The van der Waals surface area contributed by atoms with E-state index in [4.69, 9.17) is 56.5 Å². The molecule has 2 aromatic carbocycles. The number of halogens is 4. The van der Waals surface area contributed by atoms with Crippen molar-refractivity contribution >= 4 is 63.7 Å². The van der Waals surface area contributed by atoms with Crippen molar-refractivity contribution in [3.8, 4) is 6.07 Å². The summed E-state index contributed by atoms with van der Waals surface area (Å²) in [6.07, 6.45) is 0. The Kier molecular flexibility index (Phi) is 5.27. The first kappa shape index (κ1) is 18.8. The molecular weight excluding hydrogens is 418 g/mol. The first-order valence-electron chi connectivity index (χ1n) is 7.18. The van der Waals surface area contributed by atoms with Gasteiger partial charge < -0.3 is 4.74 Å². The van der Waals surface area contributed by atoms with Crippen LogP contribution in [0.5, 0.6) is 0 Å². The minimum atomic E-state index is -1.05. The second-order valence-corrected chi connectivity index (χ2v) is 7.06. The highest BCUT2D eigenvalue weighted by Gasteiger charge is 2.41. The molecule has 2 aromatic rings. The van der Waals surface area contributed by atoms with Crippen LogP contribution in [0.2, 0.25) is 20.1 Å². The van der Waals surface area contributed by atoms with Crippen molar-refractivity contribution in [2.45, 2.75) is 5.92 Å². The molecule has 0 bridgehead atoms. The molecule has 1 saturated heterocycles. The van der Waals surface area contributed by atoms with E-state index in [0.29, 0.717) is 15.6 Å². The van der Waals surface area contributed by atoms with Crippen LogP contribution in [0.15, 0.2) is 42.2 Å². The van der Waals surface area contributed by atoms with Gasteiger partial charge >= 0.3 is 0 Å². The molecule has 0 aliphatic carbocycles. The standard InChI is InChI=1S/C18H8Cl4N2O2/c19-8-1-3-10(13(21)5-8)12(7-23)17-16(25)15(18(24)26-17)11-4-2-9(20)6-14(11)22/h1-6,15,24H/b17-12+,24-18?/t15-/m1/s1. The van der Waals surface area contributed by atoms with E-state index in [1.807, 2.05) is 6.07 Å². The molecule has 1 aliphatic heterocycles. The van der Waals surface area contributed by atoms with Gasteiger partial charge in [-0.25, -0.2) is 0 Å². The second-order valence-electron chi connectivity index (χ2n) is 5.37. The number of Topliss-reactive ketones (excluding diaryl/α,β-unsaturated/α-hetero) is 1. The third-order valence-electron chi connectivity index (χ3n) is 3.77. The Hall–Kier alpha value is -2.03. The topological polar surface area (TPSA) is 73.9 Å². The van der Waals surface area contributed by atoms with Crippen LogP contribution in [0, 0.1) is 16.7 Å². The second kappa shape index (κ2) is 7.30. The van der Waals surface area contributed by atoms with Crippen molar-refractivity contribution < 1.29 is 9.53 Å². The fourth-order valence-corrected chi connectivity index (χ4v) is 3.61. The van der Waals surface area contributed by atoms with Crippen LogP contribution < -0.4 is 0 Å². The Morgan fingerprint density at radius 3 is 2.23 bits per heavy atom. The largest absolute Gasteiger partial charge is 0.437 e. The molecule has 1 atom stereocenters. The number of nitrogens with zero attached hydrogens (tertiary/aromatic N) is 1. The maximum Gasteiger partial charge on any atom is 0.216 e. The van der Waals surface area contributed by atoms with E-state index < -0.39 is 11.7 Å². The minimum absolute atomic E-state index is 0.0750. The van der Waals surface area contributed by atoms with Crippen molar-refractivity contribution in [2.24, 2.45) is 0 Å². The maximum absolute atomic E-state index is 12.9. The first-order valence-corrected chi connectivity index (χ1v) is 8.70. The summed E-state index contributed by atoms with van der Waals surface area (Å²) in [5.41, 5.74) is 0.590. The summed E-state index contributed by atoms with van der Waals surface area (Å²) in [4.78, 5) is 12.9. The van der Waals surface area contributed by atoms with Crippen molar-refractivity contribution in [3.63, 3.8) is 0 Å². The van der Waals surface area contributed by atoms with Crippen LogP contribution in [-0.2, 0) is 9.53 Å². The van der Waals surface area contributed by atoms with E-state index in [1.165, 1.54) is 18.2 Å². The molecule has 1 N–H and O–H groups in total. The first-order chi connectivity index (χ1) is 12.3. The van der Waals surface area contributed by atoms with E-state index in [9.17, 15) is 10.1 Å². The predicted octanol–water partition coefficient (Wildman–Crippen LogP) is 5.90. The number of nitrogens with one attached hydrogen (secondary N) is 1. The molecule has 8 heteroatoms. The average Bonchev–Trinajstić information content (AvgIpc) is 2.85. The number of benzene rings is 2. The molecule has 3 rings (SSSR count). The van der Waals surface area contributed by atoms with Gasteiger partial charge in [-0.15, -0.1) is 0 Å². The monoisotopic (exact) mass is 424 g/mol. The van der Waals surface area contributed by atoms with Gasteiger partial charge in [-0.05, 0) is 29.8 Å². The van der Waals surface area contributed by atoms with Crippen molar-refractivity contribution in [1.82, 2.24) is 0 Å². The SMILES string of the molecule is N#C/C(=C1\OC(=N)[C@H](c2ccc(Cl)cc2Cl)C1=O)c1ccc(Cl)cc1Cl. The molecule has 1 aliphatic rings. The van der Waals surface area contributed by atoms with Gasteiger partial charge in [-0.1, -0.05) is 58.5 Å². The third-order valence-corrected chi connectivity index (χ3v) is 4.88. The molecule has 0 amide bonds. The van der Waals surface area contributed by atoms with Crippen LogP contribution in [-0.4, -0.2) is 11.7 Å². The summed E-state index contributed by atoms with van der Waals surface area (Å²) in [7, 11) is 0. The summed E-state index contributed by atoms with van der Waals surface area (Å²) in [5.74, 6) is -2.18. The van der Waals surface area contributed by atoms with E-state index in [-0.39, 0.29) is 32.8 Å². The molecule has 1 fully saturated rings. The highest BCUT2D eigenvalue weighted by molar-refractivity contribution is 6.37. The lowest BCUT2D eigenvalue weighted by Gasteiger charge is -2.08. The Balaban J connectivity index is 2.12. The fourth-order valence-electron chi connectivity index (χ4n) is 2.59. The van der Waals surface area contributed by atoms with Gasteiger partial charge in [0, 0.05) is 20.6 Å². The number of carbonyl (C=O) groups is 1. The van der Waals surface area contributed by atoms with Gasteiger partial charge in [0.1, 0.15) is 17.6 Å². The zero-order valence-corrected chi connectivity index (χ0v) is 15.8. The normalized spacial score (nSPS) is 18.5. The third kappa shape index (κ3) is 3.32. The van der Waals surface area contributed by atoms with Crippen LogP contribution >= 0.6 is 46.4 Å². The number of carbonyl (C=O) groups excluding carboxylic acids is 1. The number of allylic oxidation sites excluding steroid dienone is 2. The quantitative estimate of drug-likeness (QED) is 0.481. The summed E-state index contributed by atoms with van der Waals surface area (Å²) >= 11 is 24.0. The van der Waals surface area contributed by atoms with Gasteiger partial charge in [-0.3, -0.25) is 10.2 Å². The molecule has 0 saturated carbocycles. The Labute approximate surface area is 169 Å². The van der Waals surface area contributed by atoms with E-state index in [1.54, 1.807) is 18.2 Å². The van der Waals surface area contributed by atoms with Gasteiger partial charge in [-0.2, -0.15) is 5.26 Å². The van der Waals surface area contributed by atoms with Crippen LogP contribution in [0.3, 0.4) is 0 Å². The van der Waals surface area contributed by atoms with Crippen LogP contribution in [0.25, 0.3) is 5.57 Å². The molecule has 0 unspecified atom stereocenters.